The summed E-state index contributed by atoms with van der Waals surface area (Å²) in [6.45, 7) is 1.90. The third-order valence-corrected chi connectivity index (χ3v) is 5.31. The number of carbonyl (C=O) groups excluding carboxylic acids is 2. The van der Waals surface area contributed by atoms with Crippen molar-refractivity contribution in [3.05, 3.63) is 95.1 Å². The SMILES string of the molecule is COc1ccccc1/C(O)=C1/C(=O)C(=O)N(c2ccccc2O)C1c1cccc(C)c1. The summed E-state index contributed by atoms with van der Waals surface area (Å²) >= 11 is 0. The lowest BCUT2D eigenvalue weighted by Gasteiger charge is -2.26. The molecule has 0 aromatic heterocycles. The molecule has 1 fully saturated rings. The highest BCUT2D eigenvalue weighted by Crippen LogP contribution is 2.45. The van der Waals surface area contributed by atoms with Crippen molar-refractivity contribution in [1.82, 2.24) is 0 Å². The topological polar surface area (TPSA) is 87.1 Å². The van der Waals surface area contributed by atoms with Gasteiger partial charge in [-0.25, -0.2) is 0 Å². The molecule has 1 unspecified atom stereocenters. The Kier molecular flexibility index (Phi) is 5.21. The zero-order valence-electron chi connectivity index (χ0n) is 17.1. The average Bonchev–Trinajstić information content (AvgIpc) is 3.04. The number of ketones is 1. The van der Waals surface area contributed by atoms with Crippen molar-refractivity contribution in [2.24, 2.45) is 0 Å². The Morgan fingerprint density at radius 1 is 0.968 bits per heavy atom. The van der Waals surface area contributed by atoms with Crippen LogP contribution in [0.5, 0.6) is 11.5 Å². The number of Topliss-reactive ketones (excluding diaryl/α,β-unsaturated/α-hetero) is 1. The summed E-state index contributed by atoms with van der Waals surface area (Å²) in [5, 5.41) is 21.6. The number of methoxy groups -OCH3 is 1. The maximum absolute atomic E-state index is 13.2. The van der Waals surface area contributed by atoms with E-state index in [-0.39, 0.29) is 22.8 Å². The third-order valence-electron chi connectivity index (χ3n) is 5.31. The number of benzene rings is 3. The van der Waals surface area contributed by atoms with Crippen molar-refractivity contribution in [1.29, 1.82) is 0 Å². The van der Waals surface area contributed by atoms with Crippen LogP contribution < -0.4 is 9.64 Å². The fraction of sp³-hybridized carbons (Fsp3) is 0.120. The highest BCUT2D eigenvalue weighted by molar-refractivity contribution is 6.52. The smallest absolute Gasteiger partial charge is 0.300 e. The molecule has 6 heteroatoms. The first-order chi connectivity index (χ1) is 14.9. The van der Waals surface area contributed by atoms with Crippen molar-refractivity contribution in [3.63, 3.8) is 0 Å². The Bertz CT molecular complexity index is 1210. The van der Waals surface area contributed by atoms with Crippen LogP contribution in [0.3, 0.4) is 0 Å². The van der Waals surface area contributed by atoms with Crippen molar-refractivity contribution >= 4 is 23.1 Å². The lowest BCUT2D eigenvalue weighted by molar-refractivity contribution is -0.132. The molecule has 31 heavy (non-hydrogen) atoms. The highest BCUT2D eigenvalue weighted by Gasteiger charge is 2.47. The summed E-state index contributed by atoms with van der Waals surface area (Å²) in [6, 6.07) is 19.5. The summed E-state index contributed by atoms with van der Waals surface area (Å²) in [5.41, 5.74) is 1.99. The van der Waals surface area contributed by atoms with E-state index in [0.29, 0.717) is 16.9 Å². The molecule has 0 saturated carbocycles. The first kappa shape index (κ1) is 20.2. The monoisotopic (exact) mass is 415 g/mol. The number of hydrogen-bond donors (Lipinski definition) is 2. The highest BCUT2D eigenvalue weighted by atomic mass is 16.5. The van der Waals surface area contributed by atoms with Gasteiger partial charge in [-0.1, -0.05) is 54.1 Å². The summed E-state index contributed by atoms with van der Waals surface area (Å²) in [4.78, 5) is 27.5. The molecule has 1 amide bonds. The molecule has 6 nitrogen and oxygen atoms in total. The molecule has 0 spiro atoms. The second-order valence-corrected chi connectivity index (χ2v) is 7.27. The molecule has 1 heterocycles. The van der Waals surface area contributed by atoms with Gasteiger partial charge in [0.15, 0.2) is 0 Å². The van der Waals surface area contributed by atoms with Crippen LogP contribution in [0.1, 0.15) is 22.7 Å². The van der Waals surface area contributed by atoms with Gasteiger partial charge in [0.05, 0.1) is 30.0 Å². The molecule has 4 rings (SSSR count). The minimum absolute atomic E-state index is 0.0663. The zero-order chi connectivity index (χ0) is 22.1. The second kappa shape index (κ2) is 7.99. The number of hydrogen-bond acceptors (Lipinski definition) is 5. The quantitative estimate of drug-likeness (QED) is 0.376. The Morgan fingerprint density at radius 3 is 2.39 bits per heavy atom. The number of phenols is 1. The molecule has 3 aromatic carbocycles. The van der Waals surface area contributed by atoms with E-state index >= 15 is 0 Å². The van der Waals surface area contributed by atoms with Crippen molar-refractivity contribution in [3.8, 4) is 11.5 Å². The average molecular weight is 415 g/mol. The van der Waals surface area contributed by atoms with E-state index in [1.807, 2.05) is 25.1 Å². The van der Waals surface area contributed by atoms with Crippen LogP contribution in [-0.4, -0.2) is 29.0 Å². The summed E-state index contributed by atoms with van der Waals surface area (Å²) < 4.78 is 5.33. The van der Waals surface area contributed by atoms with Crippen LogP contribution >= 0.6 is 0 Å². The number of amides is 1. The van der Waals surface area contributed by atoms with Crippen LogP contribution in [0, 0.1) is 6.92 Å². The number of aliphatic hydroxyl groups excluding tert-OH is 1. The molecule has 0 radical (unpaired) electrons. The maximum atomic E-state index is 13.2. The normalized spacial score (nSPS) is 17.7. The molecule has 3 aromatic rings. The van der Waals surface area contributed by atoms with E-state index < -0.39 is 17.7 Å². The van der Waals surface area contributed by atoms with E-state index in [0.717, 1.165) is 5.56 Å². The van der Waals surface area contributed by atoms with E-state index in [4.69, 9.17) is 4.74 Å². The van der Waals surface area contributed by atoms with Gasteiger partial charge < -0.3 is 14.9 Å². The van der Waals surface area contributed by atoms with Gasteiger partial charge in [0, 0.05) is 0 Å². The number of aryl methyl sites for hydroxylation is 1. The molecular weight excluding hydrogens is 394 g/mol. The number of para-hydroxylation sites is 3. The lowest BCUT2D eigenvalue weighted by Crippen LogP contribution is -2.29. The van der Waals surface area contributed by atoms with Crippen LogP contribution in [0.25, 0.3) is 5.76 Å². The molecule has 0 aliphatic carbocycles. The minimum Gasteiger partial charge on any atom is -0.507 e. The molecular formula is C25H21NO5. The molecule has 156 valence electrons. The number of nitrogens with zero attached hydrogens (tertiary/aromatic N) is 1. The van der Waals surface area contributed by atoms with Gasteiger partial charge in [0.2, 0.25) is 0 Å². The number of aliphatic hydroxyl groups is 1. The number of ether oxygens (including phenoxy) is 1. The van der Waals surface area contributed by atoms with Crippen molar-refractivity contribution in [2.75, 3.05) is 12.0 Å². The largest absolute Gasteiger partial charge is 0.507 e. The fourth-order valence-corrected chi connectivity index (χ4v) is 3.89. The molecule has 1 aliphatic rings. The summed E-state index contributed by atoms with van der Waals surface area (Å²) in [5.74, 6) is -1.76. The van der Waals surface area contributed by atoms with Gasteiger partial charge in [-0.15, -0.1) is 0 Å². The van der Waals surface area contributed by atoms with Gasteiger partial charge in [0.25, 0.3) is 11.7 Å². The minimum atomic E-state index is -0.918. The number of aromatic hydroxyl groups is 1. The number of rotatable bonds is 4. The molecule has 1 saturated heterocycles. The number of anilines is 1. The lowest BCUT2D eigenvalue weighted by atomic mass is 9.94. The van der Waals surface area contributed by atoms with Crippen molar-refractivity contribution < 1.29 is 24.5 Å². The van der Waals surface area contributed by atoms with Crippen LogP contribution in [0.2, 0.25) is 0 Å². The fourth-order valence-electron chi connectivity index (χ4n) is 3.89. The molecule has 0 bridgehead atoms. The second-order valence-electron chi connectivity index (χ2n) is 7.27. The standard InChI is InChI=1S/C25H21NO5/c1-15-8-7-9-16(14-15)22-21(23(28)17-10-3-6-13-20(17)31-2)24(29)25(30)26(22)18-11-4-5-12-19(18)27/h3-14,22,27-28H,1-2H3/b23-21-. The Labute approximate surface area is 179 Å². The maximum Gasteiger partial charge on any atom is 0.300 e. The first-order valence-electron chi connectivity index (χ1n) is 9.73. The van der Waals surface area contributed by atoms with Crippen LogP contribution in [0.4, 0.5) is 5.69 Å². The van der Waals surface area contributed by atoms with Crippen LogP contribution in [-0.2, 0) is 9.59 Å². The van der Waals surface area contributed by atoms with Crippen LogP contribution in [0.15, 0.2) is 78.4 Å². The molecule has 1 atom stereocenters. The van der Waals surface area contributed by atoms with Crippen molar-refractivity contribution in [2.45, 2.75) is 13.0 Å². The van der Waals surface area contributed by atoms with Gasteiger partial charge >= 0.3 is 0 Å². The predicted octanol–water partition coefficient (Wildman–Crippen LogP) is 4.34. The van der Waals surface area contributed by atoms with E-state index in [2.05, 4.69) is 0 Å². The predicted molar refractivity (Wildman–Crippen MR) is 117 cm³/mol. The summed E-state index contributed by atoms with van der Waals surface area (Å²) in [6.07, 6.45) is 0. The van der Waals surface area contributed by atoms with E-state index in [9.17, 15) is 19.8 Å². The Morgan fingerprint density at radius 2 is 1.68 bits per heavy atom. The summed E-state index contributed by atoms with van der Waals surface area (Å²) in [7, 11) is 1.46. The molecule has 1 aliphatic heterocycles. The molecule has 2 N–H and O–H groups in total. The van der Waals surface area contributed by atoms with Gasteiger partial charge in [-0.05, 0) is 36.8 Å². The van der Waals surface area contributed by atoms with Gasteiger partial charge in [-0.2, -0.15) is 0 Å². The Hall–Kier alpha value is -4.06. The first-order valence-corrected chi connectivity index (χ1v) is 9.73. The Balaban J connectivity index is 2.01. The van der Waals surface area contributed by atoms with E-state index in [1.165, 1.54) is 18.1 Å². The number of carbonyl (C=O) groups is 2. The van der Waals surface area contributed by atoms with Gasteiger partial charge in [-0.3, -0.25) is 14.5 Å². The third kappa shape index (κ3) is 3.42. The van der Waals surface area contributed by atoms with Gasteiger partial charge in [0.1, 0.15) is 17.3 Å². The van der Waals surface area contributed by atoms with E-state index in [1.54, 1.807) is 48.5 Å². The zero-order valence-corrected chi connectivity index (χ0v) is 17.1. The number of phenolic OH excluding ortho intramolecular Hbond substituents is 1.